The average Bonchev–Trinajstić information content (AvgIpc) is 2.75. The van der Waals surface area contributed by atoms with Crippen LogP contribution in [0, 0.1) is 0 Å². The number of nitrogens with one attached hydrogen (secondary N) is 1. The molecule has 0 atom stereocenters. The zero-order valence-corrected chi connectivity index (χ0v) is 19.0. The van der Waals surface area contributed by atoms with E-state index in [4.69, 9.17) is 21.7 Å². The van der Waals surface area contributed by atoms with Gasteiger partial charge in [-0.15, -0.1) is 0 Å². The van der Waals surface area contributed by atoms with Crippen LogP contribution < -0.4 is 14.8 Å². The number of thiocarbonyl (C=S) groups is 1. The van der Waals surface area contributed by atoms with Gasteiger partial charge in [-0.1, -0.05) is 56.4 Å². The van der Waals surface area contributed by atoms with Gasteiger partial charge in [0.1, 0.15) is 11.5 Å². The summed E-state index contributed by atoms with van der Waals surface area (Å²) in [6.45, 7) is 1.49. The van der Waals surface area contributed by atoms with Gasteiger partial charge in [-0.3, -0.25) is 0 Å². The summed E-state index contributed by atoms with van der Waals surface area (Å²) >= 11 is 5.90. The van der Waals surface area contributed by atoms with E-state index in [-0.39, 0.29) is 0 Å². The normalized spacial score (nSPS) is 15.0. The highest BCUT2D eigenvalue weighted by Crippen LogP contribution is 2.20. The highest BCUT2D eigenvalue weighted by molar-refractivity contribution is 7.80. The average molecular weight is 427 g/mol. The molecule has 1 fully saturated rings. The molecule has 1 N–H and O–H groups in total. The van der Waals surface area contributed by atoms with Gasteiger partial charge in [0.15, 0.2) is 5.11 Å². The molecule has 0 radical (unpaired) electrons. The van der Waals surface area contributed by atoms with Gasteiger partial charge in [0, 0.05) is 19.1 Å². The Morgan fingerprint density at radius 3 is 2.17 bits per heavy atom. The van der Waals surface area contributed by atoms with Gasteiger partial charge in [-0.25, -0.2) is 0 Å². The third-order valence-electron chi connectivity index (χ3n) is 5.76. The van der Waals surface area contributed by atoms with Crippen LogP contribution in [0.15, 0.2) is 48.5 Å². The van der Waals surface area contributed by atoms with E-state index in [0.29, 0.717) is 6.04 Å². The maximum absolute atomic E-state index is 5.90. The monoisotopic (exact) mass is 426 g/mol. The lowest BCUT2D eigenvalue weighted by Crippen LogP contribution is -2.44. The lowest BCUT2D eigenvalue weighted by molar-refractivity contribution is 0.368. The molecule has 3 rings (SSSR count). The highest BCUT2D eigenvalue weighted by atomic mass is 32.1. The molecule has 0 unspecified atom stereocenters. The maximum Gasteiger partial charge on any atom is 0.169 e. The van der Waals surface area contributed by atoms with Gasteiger partial charge in [0.25, 0.3) is 0 Å². The summed E-state index contributed by atoms with van der Waals surface area (Å²) in [5, 5.41) is 4.51. The first-order valence-electron chi connectivity index (χ1n) is 11.0. The molecule has 1 aliphatic carbocycles. The van der Waals surface area contributed by atoms with Gasteiger partial charge < -0.3 is 19.7 Å². The predicted molar refractivity (Wildman–Crippen MR) is 127 cm³/mol. The van der Waals surface area contributed by atoms with Crippen LogP contribution in [0.2, 0.25) is 0 Å². The fraction of sp³-hybridized carbons (Fsp3) is 0.480. The van der Waals surface area contributed by atoms with Crippen LogP contribution in [0.1, 0.15) is 56.1 Å². The van der Waals surface area contributed by atoms with Crippen molar-refractivity contribution < 1.29 is 9.47 Å². The van der Waals surface area contributed by atoms with Crippen LogP contribution in [0.25, 0.3) is 0 Å². The van der Waals surface area contributed by atoms with E-state index >= 15 is 0 Å². The predicted octanol–water partition coefficient (Wildman–Crippen LogP) is 5.69. The molecular weight excluding hydrogens is 392 g/mol. The van der Waals surface area contributed by atoms with Gasteiger partial charge in [-0.2, -0.15) is 0 Å². The van der Waals surface area contributed by atoms with Crippen molar-refractivity contribution in [1.82, 2.24) is 10.2 Å². The van der Waals surface area contributed by atoms with Crippen LogP contribution in [0.5, 0.6) is 11.5 Å². The smallest absolute Gasteiger partial charge is 0.169 e. The number of nitrogens with zero attached hydrogens (tertiary/aromatic N) is 1. The van der Waals surface area contributed by atoms with Crippen LogP contribution in [-0.4, -0.2) is 30.3 Å². The van der Waals surface area contributed by atoms with E-state index in [0.717, 1.165) is 29.7 Å². The Kier molecular flexibility index (Phi) is 8.81. The van der Waals surface area contributed by atoms with Crippen LogP contribution in [0.3, 0.4) is 0 Å². The third-order valence-corrected chi connectivity index (χ3v) is 6.14. The van der Waals surface area contributed by atoms with Gasteiger partial charge in [-0.05, 0) is 60.5 Å². The van der Waals surface area contributed by atoms with Crippen molar-refractivity contribution in [2.75, 3.05) is 14.2 Å². The number of rotatable bonds is 7. The molecule has 0 amide bonds. The molecule has 2 aromatic rings. The molecule has 162 valence electrons. The molecular formula is C25H34N2O2S. The first kappa shape index (κ1) is 22.4. The number of methoxy groups -OCH3 is 2. The molecule has 0 spiro atoms. The molecule has 0 aliphatic heterocycles. The molecule has 1 aliphatic rings. The number of benzene rings is 2. The molecule has 0 heterocycles. The van der Waals surface area contributed by atoms with E-state index < -0.39 is 0 Å². The largest absolute Gasteiger partial charge is 0.497 e. The Morgan fingerprint density at radius 2 is 1.50 bits per heavy atom. The summed E-state index contributed by atoms with van der Waals surface area (Å²) in [7, 11) is 3.40. The van der Waals surface area contributed by atoms with Gasteiger partial charge in [0.2, 0.25) is 0 Å². The second-order valence-electron chi connectivity index (χ2n) is 8.05. The number of hydrogen-bond acceptors (Lipinski definition) is 3. The van der Waals surface area contributed by atoms with Crippen LogP contribution in [0.4, 0.5) is 0 Å². The fourth-order valence-corrected chi connectivity index (χ4v) is 4.30. The summed E-state index contributed by atoms with van der Waals surface area (Å²) in [5.41, 5.74) is 2.39. The summed E-state index contributed by atoms with van der Waals surface area (Å²) < 4.78 is 10.7. The van der Waals surface area contributed by atoms with Crippen molar-refractivity contribution in [2.24, 2.45) is 0 Å². The minimum Gasteiger partial charge on any atom is -0.497 e. The first-order chi connectivity index (χ1) is 14.7. The summed E-state index contributed by atoms with van der Waals surface area (Å²) in [5.74, 6) is 1.74. The van der Waals surface area contributed by atoms with Crippen molar-refractivity contribution in [3.8, 4) is 11.5 Å². The SMILES string of the molecule is COc1ccc(CN(Cc2cccc(OC)c2)C(=S)NC2CCCCCCC2)cc1. The number of ether oxygens (including phenoxy) is 2. The van der Waals surface area contributed by atoms with E-state index in [1.165, 1.54) is 56.1 Å². The quantitative estimate of drug-likeness (QED) is 0.575. The van der Waals surface area contributed by atoms with Crippen LogP contribution in [-0.2, 0) is 13.1 Å². The zero-order chi connectivity index (χ0) is 21.2. The summed E-state index contributed by atoms with van der Waals surface area (Å²) in [6.07, 6.45) is 9.03. The highest BCUT2D eigenvalue weighted by Gasteiger charge is 2.17. The Labute approximate surface area is 186 Å². The topological polar surface area (TPSA) is 33.7 Å². The van der Waals surface area contributed by atoms with Crippen molar-refractivity contribution in [3.05, 3.63) is 59.7 Å². The van der Waals surface area contributed by atoms with Crippen molar-refractivity contribution in [3.63, 3.8) is 0 Å². The van der Waals surface area contributed by atoms with Crippen LogP contribution >= 0.6 is 12.2 Å². The van der Waals surface area contributed by atoms with E-state index in [9.17, 15) is 0 Å². The second kappa shape index (κ2) is 11.8. The molecule has 4 nitrogen and oxygen atoms in total. The summed E-state index contributed by atoms with van der Waals surface area (Å²) in [6, 6.07) is 16.9. The zero-order valence-electron chi connectivity index (χ0n) is 18.2. The Morgan fingerprint density at radius 1 is 0.867 bits per heavy atom. The first-order valence-corrected chi connectivity index (χ1v) is 11.4. The Balaban J connectivity index is 1.73. The molecule has 0 aromatic heterocycles. The fourth-order valence-electron chi connectivity index (χ4n) is 4.01. The minimum absolute atomic E-state index is 0.474. The molecule has 0 saturated heterocycles. The van der Waals surface area contributed by atoms with E-state index in [1.807, 2.05) is 24.3 Å². The molecule has 30 heavy (non-hydrogen) atoms. The van der Waals surface area contributed by atoms with E-state index in [1.54, 1.807) is 14.2 Å². The van der Waals surface area contributed by atoms with Crippen molar-refractivity contribution in [2.45, 2.75) is 64.1 Å². The molecule has 2 aromatic carbocycles. The number of hydrogen-bond donors (Lipinski definition) is 1. The molecule has 5 heteroatoms. The molecule has 0 bridgehead atoms. The lowest BCUT2D eigenvalue weighted by atomic mass is 9.97. The Hall–Kier alpha value is -2.27. The van der Waals surface area contributed by atoms with Crippen molar-refractivity contribution >= 4 is 17.3 Å². The third kappa shape index (κ3) is 6.91. The molecule has 1 saturated carbocycles. The maximum atomic E-state index is 5.90. The van der Waals surface area contributed by atoms with Gasteiger partial charge >= 0.3 is 0 Å². The Bertz CT molecular complexity index is 786. The van der Waals surface area contributed by atoms with Gasteiger partial charge in [0.05, 0.1) is 14.2 Å². The second-order valence-corrected chi connectivity index (χ2v) is 8.43. The minimum atomic E-state index is 0.474. The standard InChI is InChI=1S/C25H34N2O2S/c1-28-23-15-13-20(14-16-23)18-27(19-21-9-8-12-24(17-21)29-2)25(30)26-22-10-6-4-3-5-7-11-22/h8-9,12-17,22H,3-7,10-11,18-19H2,1-2H3,(H,26,30). The van der Waals surface area contributed by atoms with E-state index in [2.05, 4.69) is 34.5 Å². The summed E-state index contributed by atoms with van der Waals surface area (Å²) in [4.78, 5) is 2.25. The lowest BCUT2D eigenvalue weighted by Gasteiger charge is -2.30. The van der Waals surface area contributed by atoms with Crippen molar-refractivity contribution in [1.29, 1.82) is 0 Å².